The number of nitrogens with one attached hydrogen (secondary N) is 1. The first-order valence-corrected chi connectivity index (χ1v) is 26.8. The van der Waals surface area contributed by atoms with Gasteiger partial charge in [0.25, 0.3) is 0 Å². The lowest BCUT2D eigenvalue weighted by atomic mass is 9.96. The Morgan fingerprint density at radius 1 is 0.464 bits per heavy atom. The van der Waals surface area contributed by atoms with Gasteiger partial charge < -0.3 is 89.9 Å². The SMILES string of the molecule is CCCCCCCCCCCCCCCCCCC(=O)NC(COC1OC(CO)C(OC2OC(CO)C(OC3OC(CO)C(O)C(O)C3O)C(O)C2O)C(O)C1O)C(O)CCCCCCCCCC. The summed E-state index contributed by atoms with van der Waals surface area (Å²) in [6, 6.07) is -0.876. The fourth-order valence-corrected chi connectivity index (χ4v) is 9.43. The van der Waals surface area contributed by atoms with E-state index in [1.807, 2.05) is 0 Å². The second-order valence-corrected chi connectivity index (χ2v) is 19.7. The van der Waals surface area contributed by atoms with Gasteiger partial charge >= 0.3 is 0 Å². The molecular weight excluding hydrogens is 903 g/mol. The number of aliphatic hydroxyl groups is 11. The molecule has 0 spiro atoms. The first-order chi connectivity index (χ1) is 33.3. The number of carbonyl (C=O) groups excluding carboxylic acids is 1. The van der Waals surface area contributed by atoms with Crippen LogP contribution in [0.25, 0.3) is 0 Å². The van der Waals surface area contributed by atoms with E-state index in [0.29, 0.717) is 12.8 Å². The molecule has 0 aliphatic carbocycles. The van der Waals surface area contributed by atoms with Crippen molar-refractivity contribution in [1.29, 1.82) is 0 Å². The smallest absolute Gasteiger partial charge is 0.220 e. The van der Waals surface area contributed by atoms with Gasteiger partial charge in [-0.1, -0.05) is 162 Å². The van der Waals surface area contributed by atoms with Gasteiger partial charge in [-0.2, -0.15) is 0 Å². The van der Waals surface area contributed by atoms with Crippen LogP contribution in [0.2, 0.25) is 0 Å². The molecule has 3 aliphatic heterocycles. The molecule has 0 aromatic heterocycles. The molecule has 69 heavy (non-hydrogen) atoms. The Balaban J connectivity index is 1.51. The number of ether oxygens (including phenoxy) is 6. The van der Waals surface area contributed by atoms with Crippen LogP contribution < -0.4 is 5.32 Å². The first kappa shape index (κ1) is 62.1. The zero-order valence-corrected chi connectivity index (χ0v) is 41.8. The first-order valence-electron chi connectivity index (χ1n) is 26.8. The van der Waals surface area contributed by atoms with Crippen LogP contribution in [0.1, 0.15) is 181 Å². The van der Waals surface area contributed by atoms with Gasteiger partial charge in [-0.05, 0) is 12.8 Å². The Morgan fingerprint density at radius 2 is 0.826 bits per heavy atom. The second-order valence-electron chi connectivity index (χ2n) is 19.7. The summed E-state index contributed by atoms with van der Waals surface area (Å²) in [5.74, 6) is -0.244. The maximum absolute atomic E-state index is 13.2. The van der Waals surface area contributed by atoms with Crippen LogP contribution in [0.3, 0.4) is 0 Å². The van der Waals surface area contributed by atoms with Gasteiger partial charge in [0, 0.05) is 6.42 Å². The summed E-state index contributed by atoms with van der Waals surface area (Å²) in [5.41, 5.74) is 0. The summed E-state index contributed by atoms with van der Waals surface area (Å²) in [5, 5.41) is 120. The van der Waals surface area contributed by atoms with E-state index in [9.17, 15) is 61.0 Å². The monoisotopic (exact) mass is 998 g/mol. The molecule has 408 valence electrons. The van der Waals surface area contributed by atoms with Crippen molar-refractivity contribution in [3.05, 3.63) is 0 Å². The maximum atomic E-state index is 13.2. The van der Waals surface area contributed by atoms with Crippen molar-refractivity contribution < 1.29 is 89.4 Å². The second kappa shape index (κ2) is 35.9. The molecule has 0 bridgehead atoms. The summed E-state index contributed by atoms with van der Waals surface area (Å²) < 4.78 is 34.1. The lowest BCUT2D eigenvalue weighted by Gasteiger charge is -2.48. The normalized spacial score (nSPS) is 32.8. The van der Waals surface area contributed by atoms with Gasteiger partial charge in [-0.25, -0.2) is 0 Å². The number of hydrogen-bond acceptors (Lipinski definition) is 18. The number of carbonyl (C=O) groups is 1. The molecule has 3 heterocycles. The standard InChI is InChI=1S/C50H95NO18/c1-3-5-7-9-11-13-14-15-16-17-18-19-20-22-24-26-28-38(56)51-33(34(55)27-25-23-21-12-10-8-6-4-2)32-64-48-44(62)41(59)46(36(30-53)66-48)69-50-45(63)42(60)47(37(31-54)67-50)68-49-43(61)40(58)39(57)35(29-52)65-49/h33-37,39-50,52-55,57-63H,3-32H2,1-2H3,(H,51,56). The van der Waals surface area contributed by atoms with Gasteiger partial charge in [0.1, 0.15) is 73.2 Å². The Bertz CT molecular complexity index is 1290. The van der Waals surface area contributed by atoms with Gasteiger partial charge in [0.15, 0.2) is 18.9 Å². The molecule has 17 atom stereocenters. The molecule has 0 aromatic rings. The van der Waals surface area contributed by atoms with E-state index < -0.39 is 124 Å². The number of amides is 1. The molecule has 3 rings (SSSR count). The van der Waals surface area contributed by atoms with Gasteiger partial charge in [-0.3, -0.25) is 4.79 Å². The molecule has 1 amide bonds. The van der Waals surface area contributed by atoms with Gasteiger partial charge in [-0.15, -0.1) is 0 Å². The Kier molecular flexibility index (Phi) is 32.3. The summed E-state index contributed by atoms with van der Waals surface area (Å²) in [7, 11) is 0. The largest absolute Gasteiger partial charge is 0.394 e. The number of aliphatic hydroxyl groups excluding tert-OH is 11. The predicted octanol–water partition coefficient (Wildman–Crippen LogP) is 2.48. The molecule has 3 fully saturated rings. The van der Waals surface area contributed by atoms with E-state index in [2.05, 4.69) is 19.2 Å². The van der Waals surface area contributed by atoms with Gasteiger partial charge in [0.2, 0.25) is 5.91 Å². The van der Waals surface area contributed by atoms with Crippen LogP contribution in [0, 0.1) is 0 Å². The van der Waals surface area contributed by atoms with Crippen molar-refractivity contribution in [3.63, 3.8) is 0 Å². The average molecular weight is 998 g/mol. The minimum Gasteiger partial charge on any atom is -0.394 e. The predicted molar refractivity (Wildman–Crippen MR) is 254 cm³/mol. The summed E-state index contributed by atoms with van der Waals surface area (Å²) in [6.07, 6.45) is 2.29. The van der Waals surface area contributed by atoms with Crippen LogP contribution in [0.15, 0.2) is 0 Å². The topological polar surface area (TPSA) is 307 Å². The van der Waals surface area contributed by atoms with Crippen LogP contribution in [0.5, 0.6) is 0 Å². The van der Waals surface area contributed by atoms with Crippen molar-refractivity contribution >= 4 is 5.91 Å². The maximum Gasteiger partial charge on any atom is 0.220 e. The minimum atomic E-state index is -1.97. The van der Waals surface area contributed by atoms with E-state index in [1.165, 1.54) is 103 Å². The fourth-order valence-electron chi connectivity index (χ4n) is 9.43. The zero-order valence-electron chi connectivity index (χ0n) is 41.8. The van der Waals surface area contributed by atoms with Crippen LogP contribution in [-0.4, -0.2) is 193 Å². The molecule has 12 N–H and O–H groups in total. The van der Waals surface area contributed by atoms with Crippen LogP contribution >= 0.6 is 0 Å². The molecule has 3 saturated heterocycles. The number of rotatable bonds is 38. The average Bonchev–Trinajstić information content (AvgIpc) is 3.34. The van der Waals surface area contributed by atoms with E-state index in [4.69, 9.17) is 28.4 Å². The van der Waals surface area contributed by atoms with E-state index in [-0.39, 0.29) is 18.9 Å². The quantitative estimate of drug-likeness (QED) is 0.0396. The highest BCUT2D eigenvalue weighted by Gasteiger charge is 2.53. The Morgan fingerprint density at radius 3 is 1.26 bits per heavy atom. The third-order valence-electron chi connectivity index (χ3n) is 13.9. The molecule has 0 radical (unpaired) electrons. The van der Waals surface area contributed by atoms with Gasteiger partial charge in [0.05, 0.1) is 38.6 Å². The van der Waals surface area contributed by atoms with Crippen LogP contribution in [0.4, 0.5) is 0 Å². The summed E-state index contributed by atoms with van der Waals surface area (Å²) >= 11 is 0. The molecule has 17 unspecified atom stereocenters. The van der Waals surface area contributed by atoms with E-state index >= 15 is 0 Å². The zero-order chi connectivity index (χ0) is 50.6. The van der Waals surface area contributed by atoms with Crippen molar-refractivity contribution in [2.45, 2.75) is 285 Å². The lowest BCUT2D eigenvalue weighted by Crippen LogP contribution is -2.66. The molecule has 3 aliphatic rings. The van der Waals surface area contributed by atoms with Crippen molar-refractivity contribution in [2.75, 3.05) is 26.4 Å². The molecule has 19 heteroatoms. The third-order valence-corrected chi connectivity index (χ3v) is 13.9. The van der Waals surface area contributed by atoms with Crippen molar-refractivity contribution in [1.82, 2.24) is 5.32 Å². The van der Waals surface area contributed by atoms with Crippen molar-refractivity contribution in [3.8, 4) is 0 Å². The molecule has 0 aromatic carbocycles. The highest BCUT2D eigenvalue weighted by molar-refractivity contribution is 5.76. The Labute approximate surface area is 411 Å². The highest BCUT2D eigenvalue weighted by atomic mass is 16.8. The fraction of sp³-hybridized carbons (Fsp3) is 0.980. The molecule has 0 saturated carbocycles. The summed E-state index contributed by atoms with van der Waals surface area (Å²) in [6.45, 7) is 1.73. The Hall–Kier alpha value is -1.21. The minimum absolute atomic E-state index is 0.244. The number of unbranched alkanes of at least 4 members (excludes halogenated alkanes) is 22. The van der Waals surface area contributed by atoms with E-state index in [1.54, 1.807) is 0 Å². The molecule has 19 nitrogen and oxygen atoms in total. The third kappa shape index (κ3) is 21.7. The summed E-state index contributed by atoms with van der Waals surface area (Å²) in [4.78, 5) is 13.2. The molecular formula is C50H95NO18. The van der Waals surface area contributed by atoms with Crippen molar-refractivity contribution in [2.24, 2.45) is 0 Å². The highest BCUT2D eigenvalue weighted by Crippen LogP contribution is 2.33. The number of hydrogen-bond donors (Lipinski definition) is 12. The van der Waals surface area contributed by atoms with E-state index in [0.717, 1.165) is 44.9 Å². The lowest BCUT2D eigenvalue weighted by molar-refractivity contribution is -0.379. The van der Waals surface area contributed by atoms with Crippen LogP contribution in [-0.2, 0) is 33.2 Å².